The molecule has 0 saturated carbocycles. The fourth-order valence-corrected chi connectivity index (χ4v) is 4.21. The molecule has 5 rings (SSSR count). The maximum absolute atomic E-state index is 2.39. The van der Waals surface area contributed by atoms with Crippen molar-refractivity contribution in [2.45, 2.75) is 75.7 Å². The molecular formula is C33H44. The monoisotopic (exact) mass is 440 g/mol. The normalized spacial score (nSPS) is 10.0. The van der Waals surface area contributed by atoms with Gasteiger partial charge in [-0.15, -0.1) is 0 Å². The summed E-state index contributed by atoms with van der Waals surface area (Å²) in [6.07, 6.45) is 1.05. The van der Waals surface area contributed by atoms with Gasteiger partial charge in [-0.3, -0.25) is 0 Å². The molecule has 0 radical (unpaired) electrons. The molecule has 0 amide bonds. The highest BCUT2D eigenvalue weighted by Gasteiger charge is 2.19. The van der Waals surface area contributed by atoms with E-state index in [0.29, 0.717) is 0 Å². The average Bonchev–Trinajstić information content (AvgIpc) is 3.26. The summed E-state index contributed by atoms with van der Waals surface area (Å²) in [7, 11) is 0. The van der Waals surface area contributed by atoms with Gasteiger partial charge < -0.3 is 0 Å². The molecule has 0 N–H and O–H groups in total. The third-order valence-electron chi connectivity index (χ3n) is 5.49. The van der Waals surface area contributed by atoms with Gasteiger partial charge in [-0.1, -0.05) is 134 Å². The Balaban J connectivity index is 0.000000619. The van der Waals surface area contributed by atoms with Gasteiger partial charge in [0.1, 0.15) is 0 Å². The number of rotatable bonds is 1. The van der Waals surface area contributed by atoms with Gasteiger partial charge in [-0.2, -0.15) is 0 Å². The van der Waals surface area contributed by atoms with Crippen LogP contribution in [0.15, 0.2) is 72.8 Å². The molecule has 0 aliphatic heterocycles. The molecule has 0 saturated heterocycles. The molecule has 1 aliphatic carbocycles. The molecule has 0 heterocycles. The minimum atomic E-state index is 1.05. The van der Waals surface area contributed by atoms with E-state index in [-0.39, 0.29) is 0 Å². The molecule has 176 valence electrons. The summed E-state index contributed by atoms with van der Waals surface area (Å²) in [5.41, 5.74) is 11.0. The second-order valence-corrected chi connectivity index (χ2v) is 7.18. The minimum Gasteiger partial charge on any atom is -0.0683 e. The predicted octanol–water partition coefficient (Wildman–Crippen LogP) is 10.8. The van der Waals surface area contributed by atoms with Crippen LogP contribution in [-0.4, -0.2) is 0 Å². The van der Waals surface area contributed by atoms with Gasteiger partial charge in [0, 0.05) is 0 Å². The summed E-state index contributed by atoms with van der Waals surface area (Å²) in [4.78, 5) is 0. The first kappa shape index (κ1) is 28.2. The van der Waals surface area contributed by atoms with Crippen molar-refractivity contribution in [3.8, 4) is 22.3 Å². The van der Waals surface area contributed by atoms with Crippen LogP contribution in [0.1, 0.15) is 77.6 Å². The Hall–Kier alpha value is -2.86. The Kier molecular flexibility index (Phi) is 12.2. The van der Waals surface area contributed by atoms with Gasteiger partial charge in [0.2, 0.25) is 0 Å². The van der Waals surface area contributed by atoms with Crippen molar-refractivity contribution in [2.24, 2.45) is 0 Å². The van der Waals surface area contributed by atoms with E-state index >= 15 is 0 Å². The molecule has 0 fully saturated rings. The number of hydrogen-bond acceptors (Lipinski definition) is 0. The molecule has 0 bridgehead atoms. The summed E-state index contributed by atoms with van der Waals surface area (Å²) in [6, 6.07) is 27.0. The van der Waals surface area contributed by atoms with Crippen molar-refractivity contribution in [3.63, 3.8) is 0 Å². The lowest BCUT2D eigenvalue weighted by molar-refractivity contribution is 1.25. The van der Waals surface area contributed by atoms with Crippen LogP contribution in [0, 0.1) is 13.8 Å². The lowest BCUT2D eigenvalue weighted by Gasteiger charge is -2.11. The van der Waals surface area contributed by atoms with Crippen LogP contribution in [0.3, 0.4) is 0 Å². The van der Waals surface area contributed by atoms with Gasteiger partial charge in [-0.05, 0) is 70.0 Å². The largest absolute Gasteiger partial charge is 0.0683 e. The van der Waals surface area contributed by atoms with Crippen molar-refractivity contribution in [1.82, 2.24) is 0 Å². The van der Waals surface area contributed by atoms with Crippen LogP contribution in [0.2, 0.25) is 0 Å². The Morgan fingerprint density at radius 1 is 0.485 bits per heavy atom. The number of hydrogen-bond donors (Lipinski definition) is 0. The van der Waals surface area contributed by atoms with Gasteiger partial charge in [-0.25, -0.2) is 0 Å². The molecule has 0 aromatic heterocycles. The van der Waals surface area contributed by atoms with Gasteiger partial charge in [0.15, 0.2) is 0 Å². The maximum atomic E-state index is 2.39. The maximum Gasteiger partial charge on any atom is -0.00131 e. The first-order chi connectivity index (χ1) is 16.2. The molecule has 4 aromatic carbocycles. The fourth-order valence-electron chi connectivity index (χ4n) is 4.21. The van der Waals surface area contributed by atoms with Crippen molar-refractivity contribution >= 4 is 10.8 Å². The first-order valence-corrected chi connectivity index (χ1v) is 12.9. The van der Waals surface area contributed by atoms with Crippen LogP contribution in [0.5, 0.6) is 0 Å². The van der Waals surface area contributed by atoms with Crippen LogP contribution in [-0.2, 0) is 6.42 Å². The Morgan fingerprint density at radius 2 is 1.00 bits per heavy atom. The third-order valence-corrected chi connectivity index (χ3v) is 5.49. The van der Waals surface area contributed by atoms with E-state index in [1.807, 2.05) is 55.4 Å². The zero-order valence-electron chi connectivity index (χ0n) is 22.6. The van der Waals surface area contributed by atoms with Gasteiger partial charge >= 0.3 is 0 Å². The highest BCUT2D eigenvalue weighted by molar-refractivity contribution is 5.99. The van der Waals surface area contributed by atoms with Crippen LogP contribution in [0.25, 0.3) is 33.0 Å². The molecule has 33 heavy (non-hydrogen) atoms. The SMILES string of the molecule is CC.CC.CC.CC.Cc1ccc2c(c1)Cc1cc(-c3ccc(C)c4ccccc34)ccc1-2. The van der Waals surface area contributed by atoms with Crippen LogP contribution in [0.4, 0.5) is 0 Å². The summed E-state index contributed by atoms with van der Waals surface area (Å²) < 4.78 is 0. The summed E-state index contributed by atoms with van der Waals surface area (Å²) in [5, 5.41) is 2.69. The van der Waals surface area contributed by atoms with E-state index in [1.165, 1.54) is 55.3 Å². The standard InChI is InChI=1S/C25H20.4C2H6/c1-16-7-10-23-19(13-16)15-20-14-18(9-12-24(20)23)22-11-8-17(2)21-5-3-4-6-25(21)22;4*1-2/h3-14H,15H2,1-2H3;4*1-2H3. The lowest BCUT2D eigenvalue weighted by atomic mass is 9.93. The zero-order chi connectivity index (χ0) is 25.0. The highest BCUT2D eigenvalue weighted by Crippen LogP contribution is 2.40. The van der Waals surface area contributed by atoms with E-state index in [4.69, 9.17) is 0 Å². The Labute approximate surface area is 203 Å². The average molecular weight is 441 g/mol. The van der Waals surface area contributed by atoms with E-state index in [0.717, 1.165) is 6.42 Å². The van der Waals surface area contributed by atoms with E-state index in [9.17, 15) is 0 Å². The van der Waals surface area contributed by atoms with Crippen molar-refractivity contribution in [3.05, 3.63) is 95.1 Å². The molecule has 0 heteroatoms. The van der Waals surface area contributed by atoms with Gasteiger partial charge in [0.05, 0.1) is 0 Å². The van der Waals surface area contributed by atoms with E-state index in [2.05, 4.69) is 86.6 Å². The Bertz CT molecular complexity index is 1130. The summed E-state index contributed by atoms with van der Waals surface area (Å²) in [6.45, 7) is 20.4. The van der Waals surface area contributed by atoms with Crippen molar-refractivity contribution in [2.75, 3.05) is 0 Å². The molecule has 0 atom stereocenters. The Morgan fingerprint density at radius 3 is 1.64 bits per heavy atom. The second-order valence-electron chi connectivity index (χ2n) is 7.18. The van der Waals surface area contributed by atoms with Crippen LogP contribution < -0.4 is 0 Å². The second kappa shape index (κ2) is 14.3. The topological polar surface area (TPSA) is 0 Å². The quantitative estimate of drug-likeness (QED) is 0.243. The summed E-state index contributed by atoms with van der Waals surface area (Å²) >= 11 is 0. The molecular weight excluding hydrogens is 396 g/mol. The van der Waals surface area contributed by atoms with Crippen molar-refractivity contribution in [1.29, 1.82) is 0 Å². The number of benzene rings is 4. The third kappa shape index (κ3) is 6.14. The molecule has 4 aromatic rings. The lowest BCUT2D eigenvalue weighted by Crippen LogP contribution is -1.87. The first-order valence-electron chi connectivity index (χ1n) is 12.9. The van der Waals surface area contributed by atoms with Gasteiger partial charge in [0.25, 0.3) is 0 Å². The van der Waals surface area contributed by atoms with Crippen LogP contribution >= 0.6 is 0 Å². The smallest absolute Gasteiger partial charge is 0.00131 e. The molecule has 0 unspecified atom stereocenters. The predicted molar refractivity (Wildman–Crippen MR) is 152 cm³/mol. The molecule has 1 aliphatic rings. The minimum absolute atomic E-state index is 1.05. The summed E-state index contributed by atoms with van der Waals surface area (Å²) in [5.74, 6) is 0. The molecule has 0 spiro atoms. The highest BCUT2D eigenvalue weighted by atomic mass is 14.2. The van der Waals surface area contributed by atoms with E-state index in [1.54, 1.807) is 0 Å². The van der Waals surface area contributed by atoms with Crippen molar-refractivity contribution < 1.29 is 0 Å². The zero-order valence-corrected chi connectivity index (χ0v) is 22.6. The number of aryl methyl sites for hydroxylation is 2. The fraction of sp³-hybridized carbons (Fsp3) is 0.333. The number of fused-ring (bicyclic) bond motifs is 4. The van der Waals surface area contributed by atoms with E-state index < -0.39 is 0 Å². The molecule has 0 nitrogen and oxygen atoms in total.